The van der Waals surface area contributed by atoms with Gasteiger partial charge in [0.05, 0.1) is 0 Å². The maximum atomic E-state index is 12.8. The molecule has 2 saturated carbocycles. The van der Waals surface area contributed by atoms with Crippen LogP contribution in [0.25, 0.3) is 0 Å². The average Bonchev–Trinajstić information content (AvgIpc) is 2.51. The van der Waals surface area contributed by atoms with Gasteiger partial charge in [0.2, 0.25) is 6.29 Å². The van der Waals surface area contributed by atoms with Crippen LogP contribution in [0.4, 0.5) is 4.39 Å². The van der Waals surface area contributed by atoms with Crippen LogP contribution in [-0.4, -0.2) is 23.9 Å². The quantitative estimate of drug-likeness (QED) is 0.445. The molecule has 0 aromatic heterocycles. The Bertz CT molecular complexity index is 230. The van der Waals surface area contributed by atoms with Crippen LogP contribution in [0.1, 0.15) is 12.8 Å². The summed E-state index contributed by atoms with van der Waals surface area (Å²) >= 11 is 0. The summed E-state index contributed by atoms with van der Waals surface area (Å²) in [5, 5.41) is 2.44. The van der Waals surface area contributed by atoms with Gasteiger partial charge in [0.25, 0.3) is 5.91 Å². The van der Waals surface area contributed by atoms with Crippen molar-refractivity contribution in [1.82, 2.24) is 5.32 Å². The third-order valence-corrected chi connectivity index (χ3v) is 2.54. The highest BCUT2D eigenvalue weighted by molar-refractivity contribution is 6.23. The third-order valence-electron chi connectivity index (χ3n) is 2.54. The molecule has 3 atom stereocenters. The van der Waals surface area contributed by atoms with E-state index in [-0.39, 0.29) is 18.2 Å². The van der Waals surface area contributed by atoms with Crippen LogP contribution in [0, 0.1) is 5.92 Å². The van der Waals surface area contributed by atoms with E-state index in [0.29, 0.717) is 12.8 Å². The van der Waals surface area contributed by atoms with Gasteiger partial charge in [-0.2, -0.15) is 0 Å². The molecular weight excluding hydrogens is 149 g/mol. The van der Waals surface area contributed by atoms with Crippen molar-refractivity contribution in [3.05, 3.63) is 0 Å². The summed E-state index contributed by atoms with van der Waals surface area (Å²) in [4.78, 5) is 20.4. The van der Waals surface area contributed by atoms with Gasteiger partial charge < -0.3 is 5.32 Å². The van der Waals surface area contributed by atoms with E-state index in [1.54, 1.807) is 0 Å². The van der Waals surface area contributed by atoms with Crippen LogP contribution in [0.5, 0.6) is 0 Å². The molecule has 11 heavy (non-hydrogen) atoms. The van der Waals surface area contributed by atoms with Crippen LogP contribution < -0.4 is 5.32 Å². The van der Waals surface area contributed by atoms with E-state index >= 15 is 0 Å². The van der Waals surface area contributed by atoms with E-state index in [2.05, 4.69) is 5.32 Å². The molecule has 0 aromatic carbocycles. The molecular formula is C7H8FNO2. The number of amides is 1. The number of aldehydes is 1. The van der Waals surface area contributed by atoms with Crippen molar-refractivity contribution in [1.29, 1.82) is 0 Å². The smallest absolute Gasteiger partial charge is 0.284 e. The predicted molar refractivity (Wildman–Crippen MR) is 34.6 cm³/mol. The van der Waals surface area contributed by atoms with Crippen LogP contribution in [-0.2, 0) is 9.59 Å². The van der Waals surface area contributed by atoms with E-state index in [4.69, 9.17) is 0 Å². The molecule has 0 bridgehead atoms. The molecule has 2 fully saturated rings. The van der Waals surface area contributed by atoms with Gasteiger partial charge in [-0.25, -0.2) is 4.39 Å². The van der Waals surface area contributed by atoms with E-state index in [1.165, 1.54) is 0 Å². The number of carbonyl (C=O) groups is 2. The molecule has 0 radical (unpaired) electrons. The first kappa shape index (κ1) is 6.76. The number of rotatable bonds is 2. The van der Waals surface area contributed by atoms with Crippen LogP contribution in [0.3, 0.4) is 0 Å². The summed E-state index contributed by atoms with van der Waals surface area (Å²) < 4.78 is 12.8. The van der Waals surface area contributed by atoms with Gasteiger partial charge in [-0.3, -0.25) is 9.59 Å². The molecule has 3 nitrogen and oxygen atoms in total. The van der Waals surface area contributed by atoms with E-state index in [0.717, 1.165) is 0 Å². The van der Waals surface area contributed by atoms with Crippen molar-refractivity contribution >= 4 is 12.2 Å². The Morgan fingerprint density at radius 3 is 2.73 bits per heavy atom. The molecule has 2 aliphatic carbocycles. The fraction of sp³-hybridized carbons (Fsp3) is 0.714. The van der Waals surface area contributed by atoms with Crippen molar-refractivity contribution < 1.29 is 14.0 Å². The molecule has 2 rings (SSSR count). The lowest BCUT2D eigenvalue weighted by Crippen LogP contribution is -2.47. The van der Waals surface area contributed by atoms with Crippen molar-refractivity contribution in [2.75, 3.05) is 0 Å². The molecule has 0 aromatic rings. The molecule has 1 N–H and O–H groups in total. The maximum Gasteiger partial charge on any atom is 0.284 e. The summed E-state index contributed by atoms with van der Waals surface area (Å²) in [6.07, 6.45) is 1.16. The van der Waals surface area contributed by atoms with E-state index < -0.39 is 11.6 Å². The fourth-order valence-electron chi connectivity index (χ4n) is 1.76. The summed E-state index contributed by atoms with van der Waals surface area (Å²) in [5.41, 5.74) is -0.985. The van der Waals surface area contributed by atoms with E-state index in [1.807, 2.05) is 0 Å². The first-order chi connectivity index (χ1) is 5.15. The second-order valence-electron chi connectivity index (χ2n) is 3.28. The molecule has 0 heterocycles. The zero-order valence-electron chi connectivity index (χ0n) is 5.84. The molecule has 1 amide bonds. The molecule has 0 saturated heterocycles. The largest absolute Gasteiger partial charge is 0.347 e. The Kier molecular flexibility index (Phi) is 1.11. The first-order valence-electron chi connectivity index (χ1n) is 3.60. The first-order valence-corrected chi connectivity index (χ1v) is 3.60. The monoisotopic (exact) mass is 157 g/mol. The summed E-state index contributed by atoms with van der Waals surface area (Å²) in [6.45, 7) is 0. The number of carbonyl (C=O) groups excluding carboxylic acids is 2. The average molecular weight is 157 g/mol. The van der Waals surface area contributed by atoms with Gasteiger partial charge in [0.1, 0.15) is 5.67 Å². The summed E-state index contributed by atoms with van der Waals surface area (Å²) in [5.74, 6) is -0.643. The van der Waals surface area contributed by atoms with Gasteiger partial charge >= 0.3 is 0 Å². The normalized spacial score (nSPS) is 45.2. The van der Waals surface area contributed by atoms with Crippen molar-refractivity contribution in [3.8, 4) is 0 Å². The minimum absolute atomic E-state index is 0.00796. The van der Waals surface area contributed by atoms with Gasteiger partial charge in [0, 0.05) is 18.4 Å². The Morgan fingerprint density at radius 2 is 2.36 bits per heavy atom. The lowest BCUT2D eigenvalue weighted by atomic mass is 9.91. The third kappa shape index (κ3) is 0.852. The zero-order chi connectivity index (χ0) is 8.06. The van der Waals surface area contributed by atoms with Crippen LogP contribution in [0.15, 0.2) is 0 Å². The standard InChI is InChI=1S/C7H8FNO2/c8-7-1-4(7)5(2-7)9-6(11)3-10/h3-5H,1-2H2,(H,9,11). The number of alkyl halides is 1. The van der Waals surface area contributed by atoms with Gasteiger partial charge in [-0.05, 0) is 6.42 Å². The SMILES string of the molecule is O=CC(=O)NC1CC2(F)CC12. The van der Waals surface area contributed by atoms with Gasteiger partial charge in [0.15, 0.2) is 0 Å². The van der Waals surface area contributed by atoms with E-state index in [9.17, 15) is 14.0 Å². The number of hydrogen-bond donors (Lipinski definition) is 1. The fourth-order valence-corrected chi connectivity index (χ4v) is 1.76. The van der Waals surface area contributed by atoms with Crippen molar-refractivity contribution in [2.45, 2.75) is 24.6 Å². The molecule has 60 valence electrons. The topological polar surface area (TPSA) is 46.2 Å². The molecule has 2 aliphatic rings. The minimum atomic E-state index is -0.985. The van der Waals surface area contributed by atoms with Crippen molar-refractivity contribution in [2.24, 2.45) is 5.92 Å². The Balaban J connectivity index is 1.83. The van der Waals surface area contributed by atoms with Gasteiger partial charge in [-0.1, -0.05) is 0 Å². The summed E-state index contributed by atoms with van der Waals surface area (Å²) in [6, 6.07) is -0.0855. The maximum absolute atomic E-state index is 12.8. The second-order valence-corrected chi connectivity index (χ2v) is 3.28. The van der Waals surface area contributed by atoms with Crippen LogP contribution in [0.2, 0.25) is 0 Å². The highest BCUT2D eigenvalue weighted by atomic mass is 19.1. The number of halogens is 1. The lowest BCUT2D eigenvalue weighted by Gasteiger charge is -2.28. The lowest BCUT2D eigenvalue weighted by molar-refractivity contribution is -0.132. The zero-order valence-corrected chi connectivity index (χ0v) is 5.84. The molecule has 4 heteroatoms. The van der Waals surface area contributed by atoms with Gasteiger partial charge in [-0.15, -0.1) is 0 Å². The van der Waals surface area contributed by atoms with Crippen molar-refractivity contribution in [3.63, 3.8) is 0 Å². The number of hydrogen-bond acceptors (Lipinski definition) is 2. The second kappa shape index (κ2) is 1.81. The predicted octanol–water partition coefficient (Wildman–Crippen LogP) is -0.198. The Labute approximate surface area is 63.0 Å². The van der Waals surface area contributed by atoms with Crippen LogP contribution >= 0.6 is 0 Å². The Morgan fingerprint density at radius 1 is 1.64 bits per heavy atom. The highest BCUT2D eigenvalue weighted by Crippen LogP contribution is 2.62. The number of nitrogens with one attached hydrogen (secondary N) is 1. The molecule has 0 spiro atoms. The summed E-state index contributed by atoms with van der Waals surface area (Å²) in [7, 11) is 0. The minimum Gasteiger partial charge on any atom is -0.347 e. The number of fused-ring (bicyclic) bond motifs is 1. The Hall–Kier alpha value is -0.930. The molecule has 3 unspecified atom stereocenters. The highest BCUT2D eigenvalue weighted by Gasteiger charge is 2.69. The molecule has 0 aliphatic heterocycles.